The Bertz CT molecular complexity index is 1070. The number of anilines is 2. The monoisotopic (exact) mass is 386 g/mol. The van der Waals surface area contributed by atoms with Crippen LogP contribution in [0.15, 0.2) is 66.7 Å². The molecule has 5 heteroatoms. The minimum Gasteiger partial charge on any atom is -0.322 e. The van der Waals surface area contributed by atoms with Crippen molar-refractivity contribution >= 4 is 29.0 Å². The molecule has 3 aromatic carbocycles. The summed E-state index contributed by atoms with van der Waals surface area (Å²) >= 11 is 0. The molecule has 5 nitrogen and oxygen atoms in total. The minimum atomic E-state index is -0.313. The van der Waals surface area contributed by atoms with Crippen LogP contribution < -0.4 is 10.6 Å². The molecule has 0 aliphatic rings. The molecule has 0 fully saturated rings. The van der Waals surface area contributed by atoms with Gasteiger partial charge < -0.3 is 10.6 Å². The number of hydrogen-bond donors (Lipinski definition) is 2. The van der Waals surface area contributed by atoms with Crippen molar-refractivity contribution < 1.29 is 14.4 Å². The number of aryl methyl sites for hydroxylation is 2. The lowest BCUT2D eigenvalue weighted by Crippen LogP contribution is -2.14. The molecule has 2 amide bonds. The van der Waals surface area contributed by atoms with Crippen molar-refractivity contribution in [2.75, 3.05) is 10.6 Å². The van der Waals surface area contributed by atoms with Gasteiger partial charge in [0.05, 0.1) is 0 Å². The highest BCUT2D eigenvalue weighted by Crippen LogP contribution is 2.16. The molecular weight excluding hydrogens is 364 g/mol. The number of carbonyl (C=O) groups excluding carboxylic acids is 3. The van der Waals surface area contributed by atoms with Crippen LogP contribution in [-0.2, 0) is 0 Å². The van der Waals surface area contributed by atoms with Gasteiger partial charge in [-0.1, -0.05) is 18.2 Å². The largest absolute Gasteiger partial charge is 0.322 e. The Morgan fingerprint density at radius 2 is 1.14 bits per heavy atom. The van der Waals surface area contributed by atoms with E-state index in [0.29, 0.717) is 22.4 Å². The second-order valence-corrected chi connectivity index (χ2v) is 7.00. The molecule has 0 radical (unpaired) electrons. The molecule has 3 rings (SSSR count). The molecule has 0 saturated carbocycles. The van der Waals surface area contributed by atoms with Gasteiger partial charge in [0.1, 0.15) is 0 Å². The standard InChI is InChI=1S/C24H22N2O3/c1-15-11-16(2)13-22(12-15)26-24(29)19-9-7-18(8-10-19)23(28)25-21-6-4-5-20(14-21)17(3)27/h4-14H,1-3H3,(H,25,28)(H,26,29). The molecule has 0 spiro atoms. The Kier molecular flexibility index (Phi) is 5.88. The molecular formula is C24H22N2O3. The lowest BCUT2D eigenvalue weighted by Gasteiger charge is -2.09. The average molecular weight is 386 g/mol. The first-order chi connectivity index (χ1) is 13.8. The van der Waals surface area contributed by atoms with Crippen molar-refractivity contribution in [1.82, 2.24) is 0 Å². The van der Waals surface area contributed by atoms with Crippen LogP contribution in [0.2, 0.25) is 0 Å². The van der Waals surface area contributed by atoms with Crippen LogP contribution in [0, 0.1) is 13.8 Å². The zero-order valence-electron chi connectivity index (χ0n) is 16.6. The van der Waals surface area contributed by atoms with Crippen LogP contribution >= 0.6 is 0 Å². The van der Waals surface area contributed by atoms with Gasteiger partial charge in [-0.15, -0.1) is 0 Å². The van der Waals surface area contributed by atoms with Crippen LogP contribution in [0.1, 0.15) is 49.1 Å². The van der Waals surface area contributed by atoms with Crippen molar-refractivity contribution in [3.8, 4) is 0 Å². The highest BCUT2D eigenvalue weighted by atomic mass is 16.2. The van der Waals surface area contributed by atoms with Gasteiger partial charge in [0.15, 0.2) is 5.78 Å². The number of rotatable bonds is 5. The second kappa shape index (κ2) is 8.52. The summed E-state index contributed by atoms with van der Waals surface area (Å²) in [5.74, 6) is -0.622. The third kappa shape index (κ3) is 5.17. The van der Waals surface area contributed by atoms with E-state index >= 15 is 0 Å². The molecule has 2 N–H and O–H groups in total. The third-order valence-corrected chi connectivity index (χ3v) is 4.42. The summed E-state index contributed by atoms with van der Waals surface area (Å²) in [6.45, 7) is 5.42. The third-order valence-electron chi connectivity index (χ3n) is 4.42. The van der Waals surface area contributed by atoms with E-state index in [1.165, 1.54) is 6.92 Å². The van der Waals surface area contributed by atoms with E-state index in [9.17, 15) is 14.4 Å². The molecule has 146 valence electrons. The predicted octanol–water partition coefficient (Wildman–Crippen LogP) is 5.01. The van der Waals surface area contributed by atoms with Gasteiger partial charge in [0, 0.05) is 28.1 Å². The maximum Gasteiger partial charge on any atom is 0.255 e. The number of ketones is 1. The zero-order valence-corrected chi connectivity index (χ0v) is 16.6. The van der Waals surface area contributed by atoms with Crippen molar-refractivity contribution in [3.63, 3.8) is 0 Å². The Morgan fingerprint density at radius 3 is 1.66 bits per heavy atom. The Hall–Kier alpha value is -3.73. The Balaban J connectivity index is 1.69. The molecule has 0 bridgehead atoms. The van der Waals surface area contributed by atoms with Gasteiger partial charge >= 0.3 is 0 Å². The van der Waals surface area contributed by atoms with E-state index in [1.54, 1.807) is 48.5 Å². The van der Waals surface area contributed by atoms with Crippen molar-refractivity contribution in [3.05, 3.63) is 94.5 Å². The van der Waals surface area contributed by atoms with Crippen molar-refractivity contribution in [2.24, 2.45) is 0 Å². The summed E-state index contributed by atoms with van der Waals surface area (Å²) in [7, 11) is 0. The van der Waals surface area contributed by atoms with Crippen LogP contribution in [0.25, 0.3) is 0 Å². The van der Waals surface area contributed by atoms with Gasteiger partial charge in [-0.2, -0.15) is 0 Å². The first-order valence-corrected chi connectivity index (χ1v) is 9.24. The van der Waals surface area contributed by atoms with E-state index in [4.69, 9.17) is 0 Å². The topological polar surface area (TPSA) is 75.3 Å². The Morgan fingerprint density at radius 1 is 0.621 bits per heavy atom. The van der Waals surface area contributed by atoms with Crippen LogP contribution in [0.3, 0.4) is 0 Å². The van der Waals surface area contributed by atoms with Gasteiger partial charge in [0.25, 0.3) is 11.8 Å². The second-order valence-electron chi connectivity index (χ2n) is 7.00. The molecule has 0 saturated heterocycles. The van der Waals surface area contributed by atoms with Crippen LogP contribution in [-0.4, -0.2) is 17.6 Å². The Labute approximate surface area is 169 Å². The highest BCUT2D eigenvalue weighted by molar-refractivity contribution is 6.07. The molecule has 0 aromatic heterocycles. The average Bonchev–Trinajstić information content (AvgIpc) is 2.67. The van der Waals surface area contributed by atoms with Gasteiger partial charge in [-0.25, -0.2) is 0 Å². The smallest absolute Gasteiger partial charge is 0.255 e. The maximum absolute atomic E-state index is 12.5. The van der Waals surface area contributed by atoms with Gasteiger partial charge in [-0.05, 0) is 80.4 Å². The van der Waals surface area contributed by atoms with Gasteiger partial charge in [-0.3, -0.25) is 14.4 Å². The first kappa shape index (κ1) is 20.0. The van der Waals surface area contributed by atoms with E-state index in [2.05, 4.69) is 10.6 Å². The lowest BCUT2D eigenvalue weighted by molar-refractivity contribution is 0.101. The first-order valence-electron chi connectivity index (χ1n) is 9.24. The van der Waals surface area contributed by atoms with Crippen molar-refractivity contribution in [1.29, 1.82) is 0 Å². The normalized spacial score (nSPS) is 10.3. The van der Waals surface area contributed by atoms with Crippen LogP contribution in [0.5, 0.6) is 0 Å². The van der Waals surface area contributed by atoms with E-state index < -0.39 is 0 Å². The lowest BCUT2D eigenvalue weighted by atomic mass is 10.1. The summed E-state index contributed by atoms with van der Waals surface area (Å²) in [5.41, 5.74) is 4.82. The number of nitrogens with one attached hydrogen (secondary N) is 2. The summed E-state index contributed by atoms with van der Waals surface area (Å²) < 4.78 is 0. The number of amides is 2. The summed E-state index contributed by atoms with van der Waals surface area (Å²) in [6, 6.07) is 19.0. The number of Topliss-reactive ketones (excluding diaryl/α,β-unsaturated/α-hetero) is 1. The maximum atomic E-state index is 12.5. The highest BCUT2D eigenvalue weighted by Gasteiger charge is 2.11. The van der Waals surface area contributed by atoms with Crippen molar-refractivity contribution in [2.45, 2.75) is 20.8 Å². The molecule has 0 heterocycles. The fourth-order valence-electron chi connectivity index (χ4n) is 3.04. The summed E-state index contributed by atoms with van der Waals surface area (Å²) in [4.78, 5) is 36.4. The SMILES string of the molecule is CC(=O)c1cccc(NC(=O)c2ccc(C(=O)Nc3cc(C)cc(C)c3)cc2)c1. The quantitative estimate of drug-likeness (QED) is 0.605. The molecule has 3 aromatic rings. The van der Waals surface area contributed by atoms with Gasteiger partial charge in [0.2, 0.25) is 0 Å². The molecule has 0 aliphatic carbocycles. The summed E-state index contributed by atoms with van der Waals surface area (Å²) in [5, 5.41) is 5.64. The molecule has 0 unspecified atom stereocenters. The molecule has 29 heavy (non-hydrogen) atoms. The van der Waals surface area contributed by atoms with E-state index in [-0.39, 0.29) is 17.6 Å². The minimum absolute atomic E-state index is 0.0692. The summed E-state index contributed by atoms with van der Waals surface area (Å²) in [6.07, 6.45) is 0. The predicted molar refractivity (Wildman–Crippen MR) is 115 cm³/mol. The van der Waals surface area contributed by atoms with Crippen LogP contribution in [0.4, 0.5) is 11.4 Å². The van der Waals surface area contributed by atoms with E-state index in [0.717, 1.165) is 16.8 Å². The fraction of sp³-hybridized carbons (Fsp3) is 0.125. The zero-order chi connectivity index (χ0) is 21.0. The molecule has 0 atom stereocenters. The number of hydrogen-bond acceptors (Lipinski definition) is 3. The number of benzene rings is 3. The van der Waals surface area contributed by atoms with E-state index in [1.807, 2.05) is 32.0 Å². The number of carbonyl (C=O) groups is 3. The fourth-order valence-corrected chi connectivity index (χ4v) is 3.04. The molecule has 0 aliphatic heterocycles.